The van der Waals surface area contributed by atoms with E-state index in [2.05, 4.69) is 9.71 Å². The first-order valence-corrected chi connectivity index (χ1v) is 5.97. The van der Waals surface area contributed by atoms with Gasteiger partial charge >= 0.3 is 5.97 Å². The van der Waals surface area contributed by atoms with E-state index in [-0.39, 0.29) is 12.2 Å². The highest BCUT2D eigenvalue weighted by atomic mass is 32.2. The van der Waals surface area contributed by atoms with Gasteiger partial charge in [-0.15, -0.1) is 0 Å². The number of carboxylic acid groups (broad SMARTS) is 1. The van der Waals surface area contributed by atoms with Gasteiger partial charge in [-0.2, -0.15) is 0 Å². The van der Waals surface area contributed by atoms with Crippen LogP contribution in [0.4, 0.5) is 0 Å². The Hall–Kier alpha value is -1.41. The molecule has 0 radical (unpaired) electrons. The van der Waals surface area contributed by atoms with Crippen molar-refractivity contribution in [2.75, 3.05) is 12.8 Å². The highest BCUT2D eigenvalue weighted by Crippen LogP contribution is 1.95. The molecule has 0 unspecified atom stereocenters. The largest absolute Gasteiger partial charge is 0.476 e. The zero-order valence-corrected chi connectivity index (χ0v) is 8.86. The van der Waals surface area contributed by atoms with Crippen LogP contribution in [0, 0.1) is 0 Å². The first kappa shape index (κ1) is 11.7. The summed E-state index contributed by atoms with van der Waals surface area (Å²) in [6, 6.07) is 0. The van der Waals surface area contributed by atoms with Gasteiger partial charge in [0.1, 0.15) is 0 Å². The first-order valence-electron chi connectivity index (χ1n) is 4.08. The third kappa shape index (κ3) is 4.09. The predicted molar refractivity (Wildman–Crippen MR) is 52.0 cm³/mol. The molecule has 2 N–H and O–H groups in total. The summed E-state index contributed by atoms with van der Waals surface area (Å²) < 4.78 is 25.2. The summed E-state index contributed by atoms with van der Waals surface area (Å²) in [4.78, 5) is 14.1. The quantitative estimate of drug-likeness (QED) is 0.688. The van der Waals surface area contributed by atoms with Crippen LogP contribution in [-0.4, -0.2) is 41.8 Å². The van der Waals surface area contributed by atoms with Crippen LogP contribution in [-0.2, 0) is 16.6 Å². The summed E-state index contributed by atoms with van der Waals surface area (Å²) in [7, 11) is -3.20. The smallest absolute Gasteiger partial charge is 0.356 e. The molecular formula is C7H11N3O4S. The second-order valence-corrected chi connectivity index (χ2v) is 4.80. The number of aromatic carboxylic acids is 1. The molecule has 0 aliphatic rings. The summed E-state index contributed by atoms with van der Waals surface area (Å²) in [5.74, 6) is -1.11. The van der Waals surface area contributed by atoms with Crippen LogP contribution in [0.15, 0.2) is 12.5 Å². The van der Waals surface area contributed by atoms with E-state index in [4.69, 9.17) is 5.11 Å². The molecule has 0 bridgehead atoms. The maximum Gasteiger partial charge on any atom is 0.356 e. The van der Waals surface area contributed by atoms with Crippen molar-refractivity contribution < 1.29 is 18.3 Å². The molecule has 15 heavy (non-hydrogen) atoms. The Labute approximate surface area is 86.8 Å². The lowest BCUT2D eigenvalue weighted by Gasteiger charge is -2.02. The molecule has 0 fully saturated rings. The molecule has 8 heteroatoms. The molecule has 0 aliphatic heterocycles. The number of nitrogens with zero attached hydrogens (tertiary/aromatic N) is 2. The van der Waals surface area contributed by atoms with Gasteiger partial charge in [-0.25, -0.2) is 22.9 Å². The van der Waals surface area contributed by atoms with Crippen molar-refractivity contribution in [2.24, 2.45) is 0 Å². The number of aromatic nitrogens is 2. The van der Waals surface area contributed by atoms with Crippen LogP contribution in [0.3, 0.4) is 0 Å². The van der Waals surface area contributed by atoms with Gasteiger partial charge in [0.25, 0.3) is 0 Å². The molecule has 1 heterocycles. The lowest BCUT2D eigenvalue weighted by atomic mass is 10.5. The van der Waals surface area contributed by atoms with Gasteiger partial charge in [-0.3, -0.25) is 0 Å². The first-order chi connectivity index (χ1) is 6.88. The Morgan fingerprint density at radius 2 is 2.33 bits per heavy atom. The second kappa shape index (κ2) is 4.41. The van der Waals surface area contributed by atoms with E-state index < -0.39 is 16.0 Å². The van der Waals surface area contributed by atoms with E-state index in [1.54, 1.807) is 0 Å². The fraction of sp³-hybridized carbons (Fsp3) is 0.429. The van der Waals surface area contributed by atoms with E-state index >= 15 is 0 Å². The molecule has 1 rings (SSSR count). The molecule has 0 saturated heterocycles. The van der Waals surface area contributed by atoms with Crippen molar-refractivity contribution in [3.8, 4) is 0 Å². The molecular weight excluding hydrogens is 222 g/mol. The van der Waals surface area contributed by atoms with E-state index in [0.29, 0.717) is 6.54 Å². The van der Waals surface area contributed by atoms with Crippen LogP contribution in [0.5, 0.6) is 0 Å². The molecule has 1 aromatic rings. The number of nitrogens with one attached hydrogen (secondary N) is 1. The summed E-state index contributed by atoms with van der Waals surface area (Å²) in [5.41, 5.74) is -0.0608. The topological polar surface area (TPSA) is 101 Å². The average molecular weight is 233 g/mol. The molecule has 0 aliphatic carbocycles. The predicted octanol–water partition coefficient (Wildman–Crippen LogP) is -0.869. The fourth-order valence-corrected chi connectivity index (χ4v) is 1.42. The van der Waals surface area contributed by atoms with Gasteiger partial charge in [0.05, 0.1) is 12.6 Å². The summed E-state index contributed by atoms with van der Waals surface area (Å²) >= 11 is 0. The molecule has 84 valence electrons. The van der Waals surface area contributed by atoms with E-state index in [1.165, 1.54) is 17.1 Å². The van der Waals surface area contributed by atoms with Crippen LogP contribution < -0.4 is 4.72 Å². The van der Waals surface area contributed by atoms with Gasteiger partial charge in [0, 0.05) is 19.3 Å². The van der Waals surface area contributed by atoms with Crippen LogP contribution >= 0.6 is 0 Å². The van der Waals surface area contributed by atoms with Crippen molar-refractivity contribution in [2.45, 2.75) is 6.54 Å². The standard InChI is InChI=1S/C7H11N3O4S/c1-15(13,14)9-2-3-10-4-6(7(11)12)8-5-10/h4-5,9H,2-3H2,1H3,(H,11,12). The Morgan fingerprint density at radius 3 is 2.80 bits per heavy atom. The number of hydrogen-bond donors (Lipinski definition) is 2. The Morgan fingerprint density at radius 1 is 1.67 bits per heavy atom. The summed E-state index contributed by atoms with van der Waals surface area (Å²) in [6.45, 7) is 0.543. The van der Waals surface area contributed by atoms with Gasteiger partial charge in [0.2, 0.25) is 10.0 Å². The van der Waals surface area contributed by atoms with Gasteiger partial charge in [0.15, 0.2) is 5.69 Å². The second-order valence-electron chi connectivity index (χ2n) is 2.97. The number of carbonyl (C=O) groups is 1. The number of imidazole rings is 1. The minimum atomic E-state index is -3.20. The van der Waals surface area contributed by atoms with Crippen LogP contribution in [0.25, 0.3) is 0 Å². The van der Waals surface area contributed by atoms with E-state index in [1.807, 2.05) is 0 Å². The van der Waals surface area contributed by atoms with Crippen molar-refractivity contribution >= 4 is 16.0 Å². The van der Waals surface area contributed by atoms with Crippen LogP contribution in [0.2, 0.25) is 0 Å². The molecule has 0 saturated carbocycles. The molecule has 0 amide bonds. The third-order valence-electron chi connectivity index (χ3n) is 1.59. The summed E-state index contributed by atoms with van der Waals surface area (Å²) in [5, 5.41) is 8.57. The third-order valence-corrected chi connectivity index (χ3v) is 2.32. The van der Waals surface area contributed by atoms with Crippen LogP contribution in [0.1, 0.15) is 10.5 Å². The van der Waals surface area contributed by atoms with Gasteiger partial charge < -0.3 is 9.67 Å². The minimum absolute atomic E-state index is 0.0608. The van der Waals surface area contributed by atoms with E-state index in [0.717, 1.165) is 6.26 Å². The maximum absolute atomic E-state index is 10.7. The highest BCUT2D eigenvalue weighted by molar-refractivity contribution is 7.88. The van der Waals surface area contributed by atoms with Gasteiger partial charge in [-0.1, -0.05) is 0 Å². The number of hydrogen-bond acceptors (Lipinski definition) is 4. The Balaban J connectivity index is 2.48. The molecule has 0 atom stereocenters. The van der Waals surface area contributed by atoms with Crippen molar-refractivity contribution in [3.63, 3.8) is 0 Å². The van der Waals surface area contributed by atoms with Crippen molar-refractivity contribution in [1.82, 2.24) is 14.3 Å². The number of sulfonamides is 1. The van der Waals surface area contributed by atoms with E-state index in [9.17, 15) is 13.2 Å². The number of carboxylic acids is 1. The van der Waals surface area contributed by atoms with Gasteiger partial charge in [-0.05, 0) is 0 Å². The fourth-order valence-electron chi connectivity index (χ4n) is 0.953. The zero-order valence-electron chi connectivity index (χ0n) is 8.04. The monoisotopic (exact) mass is 233 g/mol. The zero-order chi connectivity index (χ0) is 11.5. The molecule has 0 aromatic carbocycles. The number of rotatable bonds is 5. The summed E-state index contributed by atoms with van der Waals surface area (Å²) in [6.07, 6.45) is 3.74. The Bertz CT molecular complexity index is 451. The maximum atomic E-state index is 10.7. The normalized spacial score (nSPS) is 11.5. The molecule has 1 aromatic heterocycles. The van der Waals surface area contributed by atoms with Crippen molar-refractivity contribution in [3.05, 3.63) is 18.2 Å². The molecule has 0 spiro atoms. The Kier molecular flexibility index (Phi) is 3.43. The minimum Gasteiger partial charge on any atom is -0.476 e. The molecule has 7 nitrogen and oxygen atoms in total. The highest BCUT2D eigenvalue weighted by Gasteiger charge is 2.06. The average Bonchev–Trinajstić information content (AvgIpc) is 2.50. The van der Waals surface area contributed by atoms with Crippen molar-refractivity contribution in [1.29, 1.82) is 0 Å². The SMILES string of the molecule is CS(=O)(=O)NCCn1cnc(C(=O)O)c1. The lowest BCUT2D eigenvalue weighted by molar-refractivity contribution is 0.0691. The lowest BCUT2D eigenvalue weighted by Crippen LogP contribution is -2.25.